The van der Waals surface area contributed by atoms with Crippen molar-refractivity contribution in [2.75, 3.05) is 13.2 Å². The smallest absolute Gasteiger partial charge is 0.124 e. The van der Waals surface area contributed by atoms with Gasteiger partial charge in [-0.3, -0.25) is 0 Å². The summed E-state index contributed by atoms with van der Waals surface area (Å²) in [6.07, 6.45) is 6.55. The first-order valence-corrected chi connectivity index (χ1v) is 8.65. The van der Waals surface area contributed by atoms with Gasteiger partial charge in [0.1, 0.15) is 5.75 Å². The molecule has 3 heteroatoms. The highest BCUT2D eigenvalue weighted by atomic mass is 79.9. The molecule has 0 aliphatic heterocycles. The quantitative estimate of drug-likeness (QED) is 0.747. The lowest BCUT2D eigenvalue weighted by Crippen LogP contribution is -2.20. The van der Waals surface area contributed by atoms with E-state index in [1.165, 1.54) is 31.2 Å². The molecule has 20 heavy (non-hydrogen) atoms. The van der Waals surface area contributed by atoms with Gasteiger partial charge in [0, 0.05) is 16.1 Å². The number of halogens is 1. The van der Waals surface area contributed by atoms with Gasteiger partial charge in [0.05, 0.1) is 6.61 Å². The number of ether oxygens (including phenoxy) is 1. The summed E-state index contributed by atoms with van der Waals surface area (Å²) in [5.41, 5.74) is 1.26. The van der Waals surface area contributed by atoms with Crippen LogP contribution in [0.15, 0.2) is 22.7 Å². The van der Waals surface area contributed by atoms with Gasteiger partial charge in [-0.1, -0.05) is 35.7 Å². The van der Waals surface area contributed by atoms with Gasteiger partial charge in [-0.15, -0.1) is 0 Å². The Hall–Kier alpha value is -0.540. The second kappa shape index (κ2) is 8.04. The summed E-state index contributed by atoms with van der Waals surface area (Å²) in [5.74, 6) is 1.79. The first-order chi connectivity index (χ1) is 9.70. The average Bonchev–Trinajstić information content (AvgIpc) is 2.96. The molecule has 2 rings (SSSR count). The van der Waals surface area contributed by atoms with E-state index in [0.29, 0.717) is 6.04 Å². The summed E-state index contributed by atoms with van der Waals surface area (Å²) < 4.78 is 7.23. The van der Waals surface area contributed by atoms with Crippen LogP contribution in [0, 0.1) is 5.92 Å². The van der Waals surface area contributed by atoms with Crippen molar-refractivity contribution < 1.29 is 4.74 Å². The number of rotatable bonds is 7. The Labute approximate surface area is 131 Å². The monoisotopic (exact) mass is 339 g/mol. The molecule has 1 aromatic rings. The van der Waals surface area contributed by atoms with E-state index in [0.717, 1.165) is 35.7 Å². The molecule has 1 N–H and O–H groups in total. The average molecular weight is 340 g/mol. The lowest BCUT2D eigenvalue weighted by molar-refractivity contribution is 0.248. The molecule has 0 amide bonds. The van der Waals surface area contributed by atoms with Crippen LogP contribution < -0.4 is 10.1 Å². The van der Waals surface area contributed by atoms with E-state index in [1.54, 1.807) is 0 Å². The minimum atomic E-state index is 0.325. The molecule has 112 valence electrons. The lowest BCUT2D eigenvalue weighted by atomic mass is 10.1. The Morgan fingerprint density at radius 2 is 2.10 bits per heavy atom. The van der Waals surface area contributed by atoms with E-state index >= 15 is 0 Å². The molecule has 1 aliphatic carbocycles. The van der Waals surface area contributed by atoms with Crippen molar-refractivity contribution in [3.8, 4) is 5.75 Å². The zero-order valence-corrected chi connectivity index (χ0v) is 14.2. The van der Waals surface area contributed by atoms with Crippen LogP contribution in [-0.2, 0) is 0 Å². The van der Waals surface area contributed by atoms with Crippen LogP contribution >= 0.6 is 15.9 Å². The van der Waals surface area contributed by atoms with Crippen molar-refractivity contribution in [3.63, 3.8) is 0 Å². The molecule has 1 saturated carbocycles. The highest BCUT2D eigenvalue weighted by Gasteiger charge is 2.17. The Kier molecular flexibility index (Phi) is 6.37. The van der Waals surface area contributed by atoms with Crippen LogP contribution in [-0.4, -0.2) is 13.2 Å². The molecule has 1 aromatic carbocycles. The third-order valence-corrected chi connectivity index (χ3v) is 4.58. The van der Waals surface area contributed by atoms with Crippen LogP contribution in [0.2, 0.25) is 0 Å². The van der Waals surface area contributed by atoms with E-state index in [2.05, 4.69) is 53.3 Å². The maximum absolute atomic E-state index is 6.12. The van der Waals surface area contributed by atoms with Crippen molar-refractivity contribution >= 4 is 15.9 Å². The molecule has 1 fully saturated rings. The molecule has 1 atom stereocenters. The first-order valence-electron chi connectivity index (χ1n) is 7.86. The van der Waals surface area contributed by atoms with Gasteiger partial charge in [-0.2, -0.15) is 0 Å². The van der Waals surface area contributed by atoms with E-state index in [9.17, 15) is 0 Å². The molecule has 0 bridgehead atoms. The van der Waals surface area contributed by atoms with Crippen LogP contribution in [0.4, 0.5) is 0 Å². The summed E-state index contributed by atoms with van der Waals surface area (Å²) in [4.78, 5) is 0. The Morgan fingerprint density at radius 1 is 1.35 bits per heavy atom. The van der Waals surface area contributed by atoms with E-state index in [4.69, 9.17) is 4.74 Å². The SMILES string of the molecule is CCCNC(C)c1cc(Br)ccc1OCC1CCCC1. The van der Waals surface area contributed by atoms with Gasteiger partial charge in [0.25, 0.3) is 0 Å². The molecule has 0 radical (unpaired) electrons. The highest BCUT2D eigenvalue weighted by molar-refractivity contribution is 9.10. The maximum atomic E-state index is 6.12. The molecular formula is C17H26BrNO. The maximum Gasteiger partial charge on any atom is 0.124 e. The topological polar surface area (TPSA) is 21.3 Å². The summed E-state index contributed by atoms with van der Waals surface area (Å²) in [6.45, 7) is 6.31. The molecule has 0 heterocycles. The number of hydrogen-bond acceptors (Lipinski definition) is 2. The minimum absolute atomic E-state index is 0.325. The normalized spacial score (nSPS) is 17.4. The predicted octanol–water partition coefficient (Wildman–Crippen LogP) is 5.08. The van der Waals surface area contributed by atoms with Gasteiger partial charge < -0.3 is 10.1 Å². The standard InChI is InChI=1S/C17H26BrNO/c1-3-10-19-13(2)16-11-15(18)8-9-17(16)20-12-14-6-4-5-7-14/h8-9,11,13-14,19H,3-7,10,12H2,1-2H3. The van der Waals surface area contributed by atoms with Gasteiger partial charge in [0.15, 0.2) is 0 Å². The second-order valence-corrected chi connectivity index (χ2v) is 6.74. The zero-order valence-electron chi connectivity index (χ0n) is 12.6. The number of nitrogens with one attached hydrogen (secondary N) is 1. The summed E-state index contributed by atoms with van der Waals surface area (Å²) >= 11 is 3.57. The van der Waals surface area contributed by atoms with E-state index in [1.807, 2.05) is 0 Å². The molecule has 0 aromatic heterocycles. The molecule has 0 spiro atoms. The summed E-state index contributed by atoms with van der Waals surface area (Å²) in [6, 6.07) is 6.67. The fraction of sp³-hybridized carbons (Fsp3) is 0.647. The highest BCUT2D eigenvalue weighted by Crippen LogP contribution is 2.31. The summed E-state index contributed by atoms with van der Waals surface area (Å²) in [5, 5.41) is 3.54. The minimum Gasteiger partial charge on any atom is -0.493 e. The zero-order chi connectivity index (χ0) is 14.4. The van der Waals surface area contributed by atoms with Crippen LogP contribution in [0.25, 0.3) is 0 Å². The van der Waals surface area contributed by atoms with Gasteiger partial charge in [-0.05, 0) is 56.8 Å². The second-order valence-electron chi connectivity index (χ2n) is 5.82. The van der Waals surface area contributed by atoms with Crippen molar-refractivity contribution in [1.82, 2.24) is 5.32 Å². The van der Waals surface area contributed by atoms with Crippen LogP contribution in [0.3, 0.4) is 0 Å². The lowest BCUT2D eigenvalue weighted by Gasteiger charge is -2.20. The Bertz CT molecular complexity index is 415. The number of hydrogen-bond donors (Lipinski definition) is 1. The molecule has 0 saturated heterocycles. The largest absolute Gasteiger partial charge is 0.493 e. The van der Waals surface area contributed by atoms with E-state index in [-0.39, 0.29) is 0 Å². The number of benzene rings is 1. The molecule has 1 unspecified atom stereocenters. The molecular weight excluding hydrogens is 314 g/mol. The third kappa shape index (κ3) is 4.49. The van der Waals surface area contributed by atoms with Crippen molar-refractivity contribution in [1.29, 1.82) is 0 Å². The van der Waals surface area contributed by atoms with Crippen LogP contribution in [0.5, 0.6) is 5.75 Å². The molecule has 1 aliphatic rings. The predicted molar refractivity (Wildman–Crippen MR) is 88.3 cm³/mol. The molecule has 2 nitrogen and oxygen atoms in total. The van der Waals surface area contributed by atoms with Gasteiger partial charge in [-0.25, -0.2) is 0 Å². The van der Waals surface area contributed by atoms with E-state index < -0.39 is 0 Å². The van der Waals surface area contributed by atoms with Gasteiger partial charge in [0.2, 0.25) is 0 Å². The first kappa shape index (κ1) is 15.8. The summed E-state index contributed by atoms with van der Waals surface area (Å²) in [7, 11) is 0. The fourth-order valence-corrected chi connectivity index (χ4v) is 3.22. The third-order valence-electron chi connectivity index (χ3n) is 4.09. The Morgan fingerprint density at radius 3 is 2.80 bits per heavy atom. The van der Waals surface area contributed by atoms with Crippen molar-refractivity contribution in [2.24, 2.45) is 5.92 Å². The van der Waals surface area contributed by atoms with Gasteiger partial charge >= 0.3 is 0 Å². The fourth-order valence-electron chi connectivity index (χ4n) is 2.84. The Balaban J connectivity index is 2.02. The van der Waals surface area contributed by atoms with Crippen molar-refractivity contribution in [3.05, 3.63) is 28.2 Å². The van der Waals surface area contributed by atoms with Crippen molar-refractivity contribution in [2.45, 2.75) is 52.0 Å². The van der Waals surface area contributed by atoms with Crippen LogP contribution in [0.1, 0.15) is 57.6 Å².